The molecule has 1 saturated heterocycles. The number of carbonyl (C=O) groups is 1. The molecule has 0 atom stereocenters. The van der Waals surface area contributed by atoms with Crippen LogP contribution in [0.25, 0.3) is 0 Å². The number of rotatable bonds is 5. The van der Waals surface area contributed by atoms with Crippen molar-refractivity contribution < 1.29 is 17.9 Å². The Morgan fingerprint density at radius 2 is 2.19 bits per heavy atom. The fourth-order valence-corrected chi connectivity index (χ4v) is 4.26. The molecule has 113 valence electrons. The van der Waals surface area contributed by atoms with Crippen LogP contribution in [0.15, 0.2) is 12.1 Å². The van der Waals surface area contributed by atoms with E-state index in [0.717, 1.165) is 0 Å². The highest BCUT2D eigenvalue weighted by Gasteiger charge is 2.34. The van der Waals surface area contributed by atoms with Crippen LogP contribution in [0.2, 0.25) is 0 Å². The van der Waals surface area contributed by atoms with Crippen LogP contribution in [-0.2, 0) is 10.0 Å². The summed E-state index contributed by atoms with van der Waals surface area (Å²) in [6.07, 6.45) is 0.983. The quantitative estimate of drug-likeness (QED) is 0.326. The van der Waals surface area contributed by atoms with Gasteiger partial charge in [-0.15, -0.1) is 0 Å². The highest BCUT2D eigenvalue weighted by molar-refractivity contribution is 14.1. The van der Waals surface area contributed by atoms with Crippen molar-refractivity contribution in [2.24, 2.45) is 0 Å². The number of sulfonamides is 1. The summed E-state index contributed by atoms with van der Waals surface area (Å²) < 4.78 is 33.0. The molecular formula is C10H11AlI2N3O4S. The minimum Gasteiger partial charge on any atom is -0.487 e. The van der Waals surface area contributed by atoms with Gasteiger partial charge in [0.05, 0.1) is 19.3 Å². The first-order chi connectivity index (χ1) is 9.79. The molecule has 1 aliphatic heterocycles. The molecule has 1 aromatic heterocycles. The van der Waals surface area contributed by atoms with E-state index in [0.29, 0.717) is 28.2 Å². The van der Waals surface area contributed by atoms with E-state index in [1.54, 1.807) is 12.1 Å². The Balaban J connectivity index is 2.03. The van der Waals surface area contributed by atoms with Crippen molar-refractivity contribution in [1.82, 2.24) is 13.6 Å². The van der Waals surface area contributed by atoms with Gasteiger partial charge in [0.15, 0.2) is 0 Å². The van der Waals surface area contributed by atoms with Gasteiger partial charge in [0, 0.05) is 12.1 Å². The average molecular weight is 550 g/mol. The molecule has 7 nitrogen and oxygen atoms in total. The summed E-state index contributed by atoms with van der Waals surface area (Å²) in [6, 6.07) is 3.30. The van der Waals surface area contributed by atoms with E-state index >= 15 is 0 Å². The minimum absolute atomic E-state index is 0.179. The summed E-state index contributed by atoms with van der Waals surface area (Å²) in [5.41, 5.74) is 0.306. The van der Waals surface area contributed by atoms with Crippen LogP contribution in [0.4, 0.5) is 0 Å². The van der Waals surface area contributed by atoms with E-state index < -0.39 is 10.0 Å². The minimum atomic E-state index is -3.15. The molecule has 1 radical (unpaired) electrons. The third-order valence-corrected chi connectivity index (χ3v) is 5.87. The Morgan fingerprint density at radius 1 is 1.52 bits per heavy atom. The molecule has 0 bridgehead atoms. The van der Waals surface area contributed by atoms with Gasteiger partial charge in [-0.2, -0.15) is 24.6 Å². The van der Waals surface area contributed by atoms with Crippen molar-refractivity contribution in [1.29, 1.82) is 0 Å². The Bertz CT molecular complexity index is 652. The van der Waals surface area contributed by atoms with Crippen LogP contribution < -0.4 is 9.04 Å². The molecule has 1 N–H and O–H groups in total. The molecule has 21 heavy (non-hydrogen) atoms. The van der Waals surface area contributed by atoms with E-state index in [1.165, 1.54) is 10.6 Å². The number of amides is 1. The monoisotopic (exact) mass is 550 g/mol. The van der Waals surface area contributed by atoms with Crippen molar-refractivity contribution in [2.45, 2.75) is 6.10 Å². The lowest BCUT2D eigenvalue weighted by molar-refractivity contribution is 0.0763. The van der Waals surface area contributed by atoms with Crippen LogP contribution in [0.1, 0.15) is 10.5 Å². The topological polar surface area (TPSA) is 88.6 Å². The van der Waals surface area contributed by atoms with Gasteiger partial charge in [0.25, 0.3) is 0 Å². The fourth-order valence-electron chi connectivity index (χ4n) is 1.72. The van der Waals surface area contributed by atoms with Crippen molar-refractivity contribution in [3.8, 4) is 5.75 Å². The van der Waals surface area contributed by atoms with Gasteiger partial charge in [-0.25, -0.2) is 13.4 Å². The molecule has 1 aromatic rings. The third kappa shape index (κ3) is 4.90. The van der Waals surface area contributed by atoms with Gasteiger partial charge in [-0.05, 0) is 22.6 Å². The normalized spacial score (nSPS) is 16.1. The molecule has 2 rings (SSSR count). The Kier molecular flexibility index (Phi) is 6.11. The molecule has 0 aromatic carbocycles. The molecule has 1 amide bonds. The Morgan fingerprint density at radius 3 is 2.76 bits per heavy atom. The second-order valence-electron chi connectivity index (χ2n) is 4.41. The second kappa shape index (κ2) is 7.26. The SMILES string of the molecule is CS(=O)(=O)N1CC(Oc2cc(I)nc(C(=O)[NH][Al][I])c2)C1. The number of hydrogen-bond donors (Lipinski definition) is 1. The number of nitrogens with zero attached hydrogens (tertiary/aromatic N) is 2. The van der Waals surface area contributed by atoms with Crippen LogP contribution in [0.5, 0.6) is 5.75 Å². The van der Waals surface area contributed by atoms with Crippen LogP contribution in [-0.4, -0.2) is 61.2 Å². The van der Waals surface area contributed by atoms with Crippen molar-refractivity contribution in [2.75, 3.05) is 19.3 Å². The molecule has 0 spiro atoms. The molecule has 0 saturated carbocycles. The van der Waals surface area contributed by atoms with Gasteiger partial charge < -0.3 is 9.04 Å². The first-order valence-electron chi connectivity index (χ1n) is 5.81. The largest absolute Gasteiger partial charge is 0.487 e. The van der Waals surface area contributed by atoms with Gasteiger partial charge >= 0.3 is 12.2 Å². The molecule has 11 heteroatoms. The molecule has 0 aliphatic carbocycles. The lowest BCUT2D eigenvalue weighted by Crippen LogP contribution is -2.55. The molecule has 1 aliphatic rings. The lowest BCUT2D eigenvalue weighted by atomic mass is 10.2. The number of aromatic nitrogens is 1. The smallest absolute Gasteiger partial charge is 0.473 e. The predicted octanol–water partition coefficient (Wildman–Crippen LogP) is 0.408. The van der Waals surface area contributed by atoms with E-state index in [1.807, 2.05) is 22.6 Å². The van der Waals surface area contributed by atoms with Gasteiger partial charge in [-0.3, -0.25) is 4.79 Å². The second-order valence-corrected chi connectivity index (χ2v) is 9.88. The number of carbonyl (C=O) groups excluding carboxylic acids is 1. The van der Waals surface area contributed by atoms with Crippen molar-refractivity contribution in [3.63, 3.8) is 0 Å². The first-order valence-corrected chi connectivity index (χ1v) is 13.5. The fraction of sp³-hybridized carbons (Fsp3) is 0.400. The molecule has 0 unspecified atom stereocenters. The van der Waals surface area contributed by atoms with Crippen LogP contribution >= 0.6 is 42.9 Å². The number of halogens is 2. The average Bonchev–Trinajstić information content (AvgIpc) is 2.31. The van der Waals surface area contributed by atoms with Gasteiger partial charge in [0.1, 0.15) is 21.2 Å². The van der Waals surface area contributed by atoms with Crippen LogP contribution in [0.3, 0.4) is 0 Å². The lowest BCUT2D eigenvalue weighted by Gasteiger charge is -2.36. The summed E-state index contributed by atoms with van der Waals surface area (Å²) in [5, 5.41) is 0. The maximum Gasteiger partial charge on any atom is 0.473 e. The zero-order chi connectivity index (χ0) is 15.6. The Labute approximate surface area is 154 Å². The molecule has 1 fully saturated rings. The molecule has 2 heterocycles. The predicted molar refractivity (Wildman–Crippen MR) is 95.0 cm³/mol. The maximum atomic E-state index is 11.8. The highest BCUT2D eigenvalue weighted by atomic mass is 127. The molecular weight excluding hydrogens is 539 g/mol. The summed E-state index contributed by atoms with van der Waals surface area (Å²) in [7, 11) is -3.15. The maximum absolute atomic E-state index is 11.8. The van der Waals surface area contributed by atoms with Crippen LogP contribution in [0, 0.1) is 3.70 Å². The number of pyridine rings is 1. The standard InChI is InChI=1S/C10H12IN3O4S.Al.HI/c1-19(16,17)14-4-7(5-14)18-6-2-8(10(12)15)13-9(11)3-6;;/h2-3,7H,4-5H2,1H3,(H2,12,15);;1H/q;+2;/p-2. The van der Waals surface area contributed by atoms with Crippen molar-refractivity contribution >= 4 is 71.0 Å². The van der Waals surface area contributed by atoms with Gasteiger partial charge in [0.2, 0.25) is 15.9 Å². The number of hydrogen-bond acceptors (Lipinski definition) is 5. The zero-order valence-electron chi connectivity index (χ0n) is 10.9. The van der Waals surface area contributed by atoms with E-state index in [2.05, 4.69) is 29.6 Å². The van der Waals surface area contributed by atoms with E-state index in [9.17, 15) is 13.2 Å². The van der Waals surface area contributed by atoms with Gasteiger partial charge in [-0.1, -0.05) is 0 Å². The summed E-state index contributed by atoms with van der Waals surface area (Å²) in [4.78, 5) is 16.0. The number of nitrogens with one attached hydrogen (secondary N) is 1. The Hall–Kier alpha value is 0.322. The summed E-state index contributed by atoms with van der Waals surface area (Å²) >= 11 is 3.95. The van der Waals surface area contributed by atoms with E-state index in [4.69, 9.17) is 4.74 Å². The highest BCUT2D eigenvalue weighted by Crippen LogP contribution is 2.22. The van der Waals surface area contributed by atoms with E-state index in [-0.39, 0.29) is 24.2 Å². The zero-order valence-corrected chi connectivity index (χ0v) is 17.2. The third-order valence-electron chi connectivity index (χ3n) is 2.77. The van der Waals surface area contributed by atoms with Crippen molar-refractivity contribution in [3.05, 3.63) is 21.5 Å². The number of ether oxygens (including phenoxy) is 1. The summed E-state index contributed by atoms with van der Waals surface area (Å²) in [6.45, 7) is 0.661. The summed E-state index contributed by atoms with van der Waals surface area (Å²) in [5.74, 6) is 0.301. The first kappa shape index (κ1) is 17.7.